The summed E-state index contributed by atoms with van der Waals surface area (Å²) < 4.78 is 41.7. The van der Waals surface area contributed by atoms with Crippen LogP contribution in [0.4, 0.5) is 0 Å². The molecule has 2 rings (SSSR count). The molecule has 2 fully saturated rings. The van der Waals surface area contributed by atoms with E-state index in [1.807, 2.05) is 6.92 Å². The van der Waals surface area contributed by atoms with Gasteiger partial charge in [-0.2, -0.15) is 0 Å². The van der Waals surface area contributed by atoms with Gasteiger partial charge in [0.15, 0.2) is 25.0 Å². The first kappa shape index (κ1) is 43.0. The molecule has 47 heavy (non-hydrogen) atoms. The van der Waals surface area contributed by atoms with E-state index >= 15 is 0 Å². The van der Waals surface area contributed by atoms with Gasteiger partial charge in [0.05, 0.1) is 39.4 Å². The SMILES string of the molecule is CCOC(=O)C[C@H]1CC[C@@H]2O[C@@H]([C@H](/C=C/[Si](C)(C)C)O[Si](C)(C)C(C)(C)C)[C@@H](O[Si](C)(C)C(C)(C)C)[C@@H](O[Si](C)(C)C(C)(C)C)[C@H]2O1. The lowest BCUT2D eigenvalue weighted by Crippen LogP contribution is -2.69. The van der Waals surface area contributed by atoms with E-state index in [2.05, 4.69) is 133 Å². The third-order valence-electron chi connectivity index (χ3n) is 11.3. The summed E-state index contributed by atoms with van der Waals surface area (Å²) in [6, 6.07) is 0. The second-order valence-corrected chi connectivity index (χ2v) is 39.0. The molecule has 0 amide bonds. The highest BCUT2D eigenvalue weighted by Gasteiger charge is 2.57. The Labute approximate surface area is 294 Å². The predicted molar refractivity (Wildman–Crippen MR) is 207 cm³/mol. The Hall–Kier alpha value is -0.122. The number of hydrogen-bond donors (Lipinski definition) is 0. The van der Waals surface area contributed by atoms with E-state index in [1.165, 1.54) is 0 Å². The molecule has 7 atom stereocenters. The van der Waals surface area contributed by atoms with Crippen LogP contribution in [-0.4, -0.2) is 88.3 Å². The van der Waals surface area contributed by atoms with Crippen LogP contribution in [0.15, 0.2) is 11.8 Å². The van der Waals surface area contributed by atoms with E-state index in [0.717, 1.165) is 12.8 Å². The third-order valence-corrected chi connectivity index (χ3v) is 25.9. The zero-order valence-corrected chi connectivity index (χ0v) is 37.9. The molecule has 2 aliphatic heterocycles. The van der Waals surface area contributed by atoms with Crippen molar-refractivity contribution < 1.29 is 32.3 Å². The van der Waals surface area contributed by atoms with E-state index in [0.29, 0.717) is 6.61 Å². The maximum absolute atomic E-state index is 12.6. The predicted octanol–water partition coefficient (Wildman–Crippen LogP) is 9.86. The van der Waals surface area contributed by atoms with Crippen molar-refractivity contribution in [3.63, 3.8) is 0 Å². The molecule has 0 bridgehead atoms. The van der Waals surface area contributed by atoms with Gasteiger partial charge in [0.25, 0.3) is 0 Å². The van der Waals surface area contributed by atoms with Gasteiger partial charge >= 0.3 is 5.97 Å². The first-order chi connectivity index (χ1) is 20.9. The first-order valence-electron chi connectivity index (χ1n) is 18.1. The van der Waals surface area contributed by atoms with Gasteiger partial charge in [-0.1, -0.05) is 93.7 Å². The van der Waals surface area contributed by atoms with Crippen LogP contribution < -0.4 is 0 Å². The quantitative estimate of drug-likeness (QED) is 0.146. The Morgan fingerprint density at radius 1 is 0.745 bits per heavy atom. The van der Waals surface area contributed by atoms with Crippen LogP contribution in [0.25, 0.3) is 0 Å². The average Bonchev–Trinajstić information content (AvgIpc) is 2.85. The lowest BCUT2D eigenvalue weighted by atomic mass is 9.87. The molecule has 2 aliphatic rings. The molecular formula is C36H74O7Si4. The molecule has 276 valence electrons. The minimum atomic E-state index is -2.34. The van der Waals surface area contributed by atoms with Crippen molar-refractivity contribution in [2.75, 3.05) is 6.61 Å². The molecule has 0 spiro atoms. The molecule has 7 nitrogen and oxygen atoms in total. The van der Waals surface area contributed by atoms with E-state index in [4.69, 9.17) is 27.5 Å². The van der Waals surface area contributed by atoms with Crippen molar-refractivity contribution in [1.29, 1.82) is 0 Å². The van der Waals surface area contributed by atoms with Gasteiger partial charge in [-0.25, -0.2) is 0 Å². The number of carbonyl (C=O) groups excluding carboxylic acids is 1. The van der Waals surface area contributed by atoms with Crippen LogP contribution in [-0.2, 0) is 32.3 Å². The molecule has 0 aromatic carbocycles. The Bertz CT molecular complexity index is 1060. The Morgan fingerprint density at radius 2 is 1.23 bits per heavy atom. The van der Waals surface area contributed by atoms with Crippen LogP contribution in [0.3, 0.4) is 0 Å². The molecule has 0 saturated carbocycles. The summed E-state index contributed by atoms with van der Waals surface area (Å²) in [7, 11) is -8.47. The van der Waals surface area contributed by atoms with Crippen molar-refractivity contribution >= 4 is 39.0 Å². The largest absolute Gasteiger partial charge is 0.466 e. The highest BCUT2D eigenvalue weighted by Crippen LogP contribution is 2.47. The van der Waals surface area contributed by atoms with Crippen LogP contribution in [0, 0.1) is 0 Å². The summed E-state index contributed by atoms with van der Waals surface area (Å²) in [5, 5.41) is -0.0259. The van der Waals surface area contributed by atoms with Gasteiger partial charge in [-0.15, -0.1) is 0 Å². The van der Waals surface area contributed by atoms with Gasteiger partial charge in [0.1, 0.15) is 24.4 Å². The molecule has 0 N–H and O–H groups in total. The van der Waals surface area contributed by atoms with Gasteiger partial charge in [0.2, 0.25) is 0 Å². The maximum Gasteiger partial charge on any atom is 0.308 e. The fourth-order valence-corrected chi connectivity index (χ4v) is 9.84. The molecule has 2 heterocycles. The number of fused-ring (bicyclic) bond motifs is 1. The van der Waals surface area contributed by atoms with Crippen LogP contribution in [0.2, 0.25) is 74.0 Å². The fourth-order valence-electron chi connectivity index (χ4n) is 5.22. The molecule has 0 aromatic heterocycles. The standard InChI is InChI=1S/C36H74O7Si4/c1-20-38-29(37)25-26-21-22-27-30(39-26)32(42-46(16,17)35(5,6)7)33(43-47(18,19)36(8,9)10)31(40-27)28(23-24-44(11,12)13)41-45(14,15)34(2,3)4/h23-24,26-28,30-33H,20-22,25H2,1-19H3/b24-23+/t26-,27+,28+,30+,31+,32+,33-/m1/s1. The molecule has 0 aromatic rings. The van der Waals surface area contributed by atoms with Gasteiger partial charge in [-0.3, -0.25) is 4.79 Å². The van der Waals surface area contributed by atoms with Gasteiger partial charge < -0.3 is 27.5 Å². The van der Waals surface area contributed by atoms with Crippen LogP contribution in [0.5, 0.6) is 0 Å². The molecule has 0 radical (unpaired) electrons. The average molecular weight is 731 g/mol. The maximum atomic E-state index is 12.6. The monoisotopic (exact) mass is 730 g/mol. The Kier molecular flexibility index (Phi) is 14.0. The highest BCUT2D eigenvalue weighted by molar-refractivity contribution is 6.81. The minimum absolute atomic E-state index is 0.0222. The summed E-state index contributed by atoms with van der Waals surface area (Å²) in [5.41, 5.74) is 2.40. The number of carbonyl (C=O) groups is 1. The number of rotatable bonds is 12. The Balaban J connectivity index is 2.81. The summed E-state index contributed by atoms with van der Waals surface area (Å²) in [4.78, 5) is 12.6. The topological polar surface area (TPSA) is 72.5 Å². The normalized spacial score (nSPS) is 27.9. The second kappa shape index (κ2) is 15.2. The smallest absolute Gasteiger partial charge is 0.308 e. The Morgan fingerprint density at radius 3 is 1.68 bits per heavy atom. The lowest BCUT2D eigenvalue weighted by molar-refractivity contribution is -0.267. The van der Waals surface area contributed by atoms with Crippen LogP contribution >= 0.6 is 0 Å². The van der Waals surface area contributed by atoms with E-state index in [1.54, 1.807) is 0 Å². The summed E-state index contributed by atoms with van der Waals surface area (Å²) in [6.07, 6.45) is 1.79. The van der Waals surface area contributed by atoms with Crippen molar-refractivity contribution in [2.45, 2.75) is 205 Å². The van der Waals surface area contributed by atoms with Crippen molar-refractivity contribution in [3.05, 3.63) is 11.8 Å². The number of ether oxygens (including phenoxy) is 3. The first-order valence-corrected chi connectivity index (χ1v) is 30.4. The van der Waals surface area contributed by atoms with Gasteiger partial charge in [-0.05, 0) is 74.2 Å². The van der Waals surface area contributed by atoms with E-state index in [-0.39, 0.29) is 64.1 Å². The second-order valence-electron chi connectivity index (χ2n) is 19.7. The molecular weight excluding hydrogens is 657 g/mol. The summed E-state index contributed by atoms with van der Waals surface area (Å²) >= 11 is 0. The molecule has 0 unspecified atom stereocenters. The van der Waals surface area contributed by atoms with E-state index in [9.17, 15) is 4.79 Å². The van der Waals surface area contributed by atoms with Crippen molar-refractivity contribution in [3.8, 4) is 0 Å². The molecule has 0 aliphatic carbocycles. The number of esters is 1. The van der Waals surface area contributed by atoms with Crippen molar-refractivity contribution in [1.82, 2.24) is 0 Å². The van der Waals surface area contributed by atoms with Crippen molar-refractivity contribution in [2.24, 2.45) is 0 Å². The zero-order chi connectivity index (χ0) is 36.6. The number of hydrogen-bond acceptors (Lipinski definition) is 7. The van der Waals surface area contributed by atoms with Crippen LogP contribution in [0.1, 0.15) is 88.5 Å². The summed E-state index contributed by atoms with van der Waals surface area (Å²) in [5.74, 6) is -0.221. The van der Waals surface area contributed by atoms with Gasteiger partial charge in [0, 0.05) is 0 Å². The molecule has 11 heteroatoms. The highest BCUT2D eigenvalue weighted by atomic mass is 28.4. The van der Waals surface area contributed by atoms with E-state index < -0.39 is 39.1 Å². The third kappa shape index (κ3) is 11.4. The zero-order valence-electron chi connectivity index (χ0n) is 33.9. The lowest BCUT2D eigenvalue weighted by Gasteiger charge is -2.56. The molecule has 2 saturated heterocycles. The fraction of sp³-hybridized carbons (Fsp3) is 0.917. The summed E-state index contributed by atoms with van der Waals surface area (Å²) in [6.45, 7) is 43.7. The minimum Gasteiger partial charge on any atom is -0.466 e.